The number of hydrogen-bond donors (Lipinski definition) is 2. The summed E-state index contributed by atoms with van der Waals surface area (Å²) in [5.74, 6) is 1.11. The lowest BCUT2D eigenvalue weighted by Gasteiger charge is -2.27. The van der Waals surface area contributed by atoms with Gasteiger partial charge in [-0.1, -0.05) is 6.07 Å². The van der Waals surface area contributed by atoms with Gasteiger partial charge in [0, 0.05) is 28.0 Å². The maximum Gasteiger partial charge on any atom is 0.229 e. The summed E-state index contributed by atoms with van der Waals surface area (Å²) in [4.78, 5) is 6.41. The van der Waals surface area contributed by atoms with Gasteiger partial charge < -0.3 is 19.4 Å². The molecule has 0 spiro atoms. The number of nitrogens with zero attached hydrogens (tertiary/aromatic N) is 2. The molecule has 1 saturated heterocycles. The number of benzene rings is 2. The van der Waals surface area contributed by atoms with Crippen molar-refractivity contribution in [2.75, 3.05) is 23.0 Å². The van der Waals surface area contributed by atoms with Gasteiger partial charge in [-0.3, -0.25) is 9.71 Å². The summed E-state index contributed by atoms with van der Waals surface area (Å²) in [5.41, 5.74) is 2.41. The molecule has 5 rings (SSSR count). The van der Waals surface area contributed by atoms with Gasteiger partial charge in [-0.05, 0) is 82.7 Å². The molecule has 38 heavy (non-hydrogen) atoms. The van der Waals surface area contributed by atoms with Gasteiger partial charge in [0.05, 0.1) is 30.8 Å². The van der Waals surface area contributed by atoms with Gasteiger partial charge in [0.25, 0.3) is 0 Å². The van der Waals surface area contributed by atoms with Crippen LogP contribution in [0, 0.1) is 5.82 Å². The molecule has 0 bridgehead atoms. The smallest absolute Gasteiger partial charge is 0.229 e. The lowest BCUT2D eigenvalue weighted by molar-refractivity contribution is 0.416. The quantitative estimate of drug-likeness (QED) is 0.251. The standard InChI is InChI=1S/C26H22BrFN4O4S2/c1-35-23-14-16(7-9-19(23)31-38(2,33)34)32-25(24(30-26(32)37)20-5-3-4-12-29-20)22-11-10-21(36-22)17-8-6-15(28)13-18(17)27/h3-14,24-25,31H,1-2H3,(H,30,37)/t24-,25-/m0/s1. The minimum absolute atomic E-state index is 0.302. The molecule has 0 radical (unpaired) electrons. The Kier molecular flexibility index (Phi) is 7.12. The molecule has 0 unspecified atom stereocenters. The van der Waals surface area contributed by atoms with E-state index >= 15 is 0 Å². The maximum atomic E-state index is 13.7. The number of sulfonamides is 1. The van der Waals surface area contributed by atoms with Crippen LogP contribution in [0.25, 0.3) is 11.3 Å². The average Bonchev–Trinajstić information content (AvgIpc) is 3.48. The van der Waals surface area contributed by atoms with Crippen LogP contribution in [0.4, 0.5) is 15.8 Å². The van der Waals surface area contributed by atoms with Crippen molar-refractivity contribution in [3.8, 4) is 17.1 Å². The van der Waals surface area contributed by atoms with Gasteiger partial charge in [0.15, 0.2) is 5.11 Å². The summed E-state index contributed by atoms with van der Waals surface area (Å²) in [5, 5.41) is 3.78. The van der Waals surface area contributed by atoms with Crippen LogP contribution in [0.1, 0.15) is 23.5 Å². The molecule has 0 saturated carbocycles. The molecule has 196 valence electrons. The van der Waals surface area contributed by atoms with E-state index in [1.54, 1.807) is 30.5 Å². The molecule has 1 aliphatic rings. The fourth-order valence-corrected chi connectivity index (χ4v) is 5.84. The first-order valence-corrected chi connectivity index (χ1v) is 14.5. The van der Waals surface area contributed by atoms with E-state index in [1.165, 1.54) is 19.2 Å². The number of aromatic nitrogens is 1. The van der Waals surface area contributed by atoms with Crippen LogP contribution in [-0.4, -0.2) is 31.9 Å². The number of pyridine rings is 1. The van der Waals surface area contributed by atoms with E-state index in [0.717, 1.165) is 11.9 Å². The molecular formula is C26H22BrFN4O4S2. The predicted molar refractivity (Wildman–Crippen MR) is 151 cm³/mol. The summed E-state index contributed by atoms with van der Waals surface area (Å²) in [6.45, 7) is 0. The van der Waals surface area contributed by atoms with Gasteiger partial charge >= 0.3 is 0 Å². The van der Waals surface area contributed by atoms with Crippen LogP contribution in [0.3, 0.4) is 0 Å². The van der Waals surface area contributed by atoms with Crippen LogP contribution in [0.5, 0.6) is 5.75 Å². The van der Waals surface area contributed by atoms with Crippen molar-refractivity contribution in [3.05, 3.63) is 94.7 Å². The topological polar surface area (TPSA) is 96.7 Å². The zero-order valence-electron chi connectivity index (χ0n) is 20.2. The van der Waals surface area contributed by atoms with Gasteiger partial charge in [0.2, 0.25) is 10.0 Å². The van der Waals surface area contributed by atoms with Gasteiger partial charge in [-0.15, -0.1) is 0 Å². The normalized spacial score (nSPS) is 17.4. The number of nitrogens with one attached hydrogen (secondary N) is 2. The van der Waals surface area contributed by atoms with Gasteiger partial charge in [0.1, 0.15) is 29.1 Å². The number of ether oxygens (including phenoxy) is 1. The van der Waals surface area contributed by atoms with E-state index in [4.69, 9.17) is 21.4 Å². The lowest BCUT2D eigenvalue weighted by Crippen LogP contribution is -2.29. The molecule has 1 fully saturated rings. The molecular weight excluding hydrogens is 595 g/mol. The van der Waals surface area contributed by atoms with Crippen LogP contribution in [-0.2, 0) is 10.0 Å². The Bertz CT molecular complexity index is 1610. The number of hydrogen-bond acceptors (Lipinski definition) is 6. The van der Waals surface area contributed by atoms with Crippen LogP contribution < -0.4 is 19.7 Å². The van der Waals surface area contributed by atoms with Crippen molar-refractivity contribution >= 4 is 54.7 Å². The maximum absolute atomic E-state index is 13.7. The molecule has 3 heterocycles. The van der Waals surface area contributed by atoms with E-state index < -0.39 is 16.1 Å². The second-order valence-corrected chi connectivity index (χ2v) is 11.6. The fraction of sp³-hybridized carbons (Fsp3) is 0.154. The van der Waals surface area contributed by atoms with Crippen molar-refractivity contribution in [3.63, 3.8) is 0 Å². The van der Waals surface area contributed by atoms with Crippen LogP contribution in [0.15, 0.2) is 81.8 Å². The van der Waals surface area contributed by atoms with Crippen LogP contribution >= 0.6 is 28.1 Å². The predicted octanol–water partition coefficient (Wildman–Crippen LogP) is 5.80. The van der Waals surface area contributed by atoms with E-state index in [9.17, 15) is 12.8 Å². The second kappa shape index (κ2) is 10.4. The number of thiocarbonyl (C=S) groups is 1. The third-order valence-electron chi connectivity index (χ3n) is 5.97. The molecule has 2 atom stereocenters. The van der Waals surface area contributed by atoms with Crippen molar-refractivity contribution in [1.82, 2.24) is 10.3 Å². The SMILES string of the molecule is COc1cc(N2C(=S)N[C@@H](c3ccccn3)[C@@H]2c2ccc(-c3ccc(F)cc3Br)o2)ccc1NS(C)(=O)=O. The Morgan fingerprint density at radius 1 is 1.16 bits per heavy atom. The minimum Gasteiger partial charge on any atom is -0.494 e. The zero-order chi connectivity index (χ0) is 27.0. The third-order valence-corrected chi connectivity index (χ3v) is 7.53. The Morgan fingerprint density at radius 2 is 1.97 bits per heavy atom. The number of halogens is 2. The van der Waals surface area contributed by atoms with Crippen LogP contribution in [0.2, 0.25) is 0 Å². The Labute approximate surface area is 233 Å². The molecule has 8 nitrogen and oxygen atoms in total. The first kappa shape index (κ1) is 26.1. The summed E-state index contributed by atoms with van der Waals surface area (Å²) in [7, 11) is -2.05. The van der Waals surface area contributed by atoms with Crippen molar-refractivity contribution < 1.29 is 22.0 Å². The highest BCUT2D eigenvalue weighted by Gasteiger charge is 2.43. The third kappa shape index (κ3) is 5.24. The van der Waals surface area contributed by atoms with Gasteiger partial charge in [-0.25, -0.2) is 12.8 Å². The first-order valence-electron chi connectivity index (χ1n) is 11.4. The average molecular weight is 618 g/mol. The summed E-state index contributed by atoms with van der Waals surface area (Å²) >= 11 is 9.17. The van der Waals surface area contributed by atoms with Gasteiger partial charge in [-0.2, -0.15) is 0 Å². The molecule has 0 amide bonds. The van der Waals surface area contributed by atoms with E-state index in [0.29, 0.717) is 43.8 Å². The van der Waals surface area contributed by atoms with Crippen molar-refractivity contribution in [2.24, 2.45) is 0 Å². The van der Waals surface area contributed by atoms with E-state index in [1.807, 2.05) is 35.2 Å². The second-order valence-electron chi connectivity index (χ2n) is 8.58. The molecule has 0 aliphatic carbocycles. The monoisotopic (exact) mass is 616 g/mol. The Balaban J connectivity index is 1.60. The first-order chi connectivity index (χ1) is 18.1. The summed E-state index contributed by atoms with van der Waals surface area (Å²) in [6.07, 6.45) is 2.78. The molecule has 2 aromatic carbocycles. The number of furan rings is 1. The Morgan fingerprint density at radius 3 is 2.66 bits per heavy atom. The number of anilines is 2. The summed E-state index contributed by atoms with van der Waals surface area (Å²) in [6, 6.07) is 17.9. The fourth-order valence-electron chi connectivity index (χ4n) is 4.38. The Hall–Kier alpha value is -3.48. The van der Waals surface area contributed by atoms with Crippen molar-refractivity contribution in [1.29, 1.82) is 0 Å². The zero-order valence-corrected chi connectivity index (χ0v) is 23.4. The largest absolute Gasteiger partial charge is 0.494 e. The molecule has 1 aliphatic heterocycles. The van der Waals surface area contributed by atoms with E-state index in [2.05, 4.69) is 31.0 Å². The number of methoxy groups -OCH3 is 1. The molecule has 2 aromatic heterocycles. The highest BCUT2D eigenvalue weighted by molar-refractivity contribution is 9.10. The highest BCUT2D eigenvalue weighted by atomic mass is 79.9. The van der Waals surface area contributed by atoms with E-state index in [-0.39, 0.29) is 11.9 Å². The van der Waals surface area contributed by atoms with Crippen molar-refractivity contribution in [2.45, 2.75) is 12.1 Å². The minimum atomic E-state index is -3.51. The molecule has 4 aromatic rings. The summed E-state index contributed by atoms with van der Waals surface area (Å²) < 4.78 is 52.1. The molecule has 2 N–H and O–H groups in total. The number of rotatable bonds is 7. The lowest BCUT2D eigenvalue weighted by atomic mass is 10.0. The highest BCUT2D eigenvalue weighted by Crippen LogP contribution is 2.45. The molecule has 12 heteroatoms.